The third-order valence-electron chi connectivity index (χ3n) is 8.29. The van der Waals surface area contributed by atoms with Gasteiger partial charge in [0.05, 0.1) is 11.2 Å². The van der Waals surface area contributed by atoms with E-state index in [2.05, 4.69) is 71.1 Å². The van der Waals surface area contributed by atoms with E-state index in [9.17, 15) is 0 Å². The molecule has 5 aromatic rings. The van der Waals surface area contributed by atoms with E-state index in [1.165, 1.54) is 50.0 Å². The van der Waals surface area contributed by atoms with Crippen LogP contribution in [0.4, 0.5) is 5.69 Å². The predicted molar refractivity (Wildman–Crippen MR) is 148 cm³/mol. The molecule has 0 spiro atoms. The normalized spacial score (nSPS) is 19.9. The number of likely N-dealkylation sites (tertiary alicyclic amines) is 1. The average Bonchev–Trinajstić information content (AvgIpc) is 3.23. The minimum absolute atomic E-state index is 0.491. The van der Waals surface area contributed by atoms with Crippen LogP contribution < -0.4 is 5.73 Å². The highest BCUT2D eigenvalue weighted by Gasteiger charge is 2.34. The zero-order valence-electron chi connectivity index (χ0n) is 20.7. The van der Waals surface area contributed by atoms with Crippen LogP contribution in [0.15, 0.2) is 73.1 Å². The van der Waals surface area contributed by atoms with Crippen LogP contribution in [0.1, 0.15) is 30.9 Å². The van der Waals surface area contributed by atoms with E-state index in [0.29, 0.717) is 6.04 Å². The lowest BCUT2D eigenvalue weighted by Crippen LogP contribution is -2.43. The van der Waals surface area contributed by atoms with Crippen molar-refractivity contribution < 1.29 is 0 Å². The summed E-state index contributed by atoms with van der Waals surface area (Å²) in [7, 11) is 0. The molecular weight excluding hydrogens is 442 g/mol. The van der Waals surface area contributed by atoms with Crippen LogP contribution in [0, 0.1) is 12.8 Å². The predicted octanol–water partition coefficient (Wildman–Crippen LogP) is 6.47. The topological polar surface area (TPSA) is 60.0 Å². The van der Waals surface area contributed by atoms with Gasteiger partial charge in [-0.25, -0.2) is 9.97 Å². The van der Waals surface area contributed by atoms with Gasteiger partial charge in [-0.1, -0.05) is 48.5 Å². The van der Waals surface area contributed by atoms with Gasteiger partial charge in [0.25, 0.3) is 0 Å². The molecule has 36 heavy (non-hydrogen) atoms. The van der Waals surface area contributed by atoms with E-state index in [1.54, 1.807) is 0 Å². The molecule has 2 aliphatic rings. The molecule has 1 saturated carbocycles. The number of aromatic nitrogens is 3. The molecule has 0 unspecified atom stereocenters. The van der Waals surface area contributed by atoms with Gasteiger partial charge in [-0.2, -0.15) is 0 Å². The summed E-state index contributed by atoms with van der Waals surface area (Å²) in [4.78, 5) is 12.5. The van der Waals surface area contributed by atoms with Crippen LogP contribution in [-0.4, -0.2) is 39.1 Å². The van der Waals surface area contributed by atoms with Gasteiger partial charge in [-0.05, 0) is 68.5 Å². The van der Waals surface area contributed by atoms with Crippen molar-refractivity contribution in [1.82, 2.24) is 19.4 Å². The number of hydrogen-bond donors (Lipinski definition) is 1. The molecule has 2 aromatic carbocycles. The smallest absolute Gasteiger partial charge is 0.142 e. The second-order valence-electron chi connectivity index (χ2n) is 10.6. The molecule has 4 heterocycles. The number of anilines is 1. The Labute approximate surface area is 211 Å². The highest BCUT2D eigenvalue weighted by atomic mass is 15.2. The zero-order valence-corrected chi connectivity index (χ0v) is 20.7. The van der Waals surface area contributed by atoms with Crippen molar-refractivity contribution in [2.24, 2.45) is 5.92 Å². The molecule has 2 N–H and O–H groups in total. The molecule has 5 nitrogen and oxygen atoms in total. The fourth-order valence-electron chi connectivity index (χ4n) is 6.08. The maximum absolute atomic E-state index is 6.57. The molecule has 0 amide bonds. The standard InChI is InChI=1S/C31H31N5/c1-20-25(10-8-23-9-11-28(34-30(20)23)22-6-3-2-4-7-22)26-19-36(31-29(26)27(32)12-13-33-31)24-16-21(17-24)18-35-14-5-15-35/h2-4,6-13,19,21,24H,5,14-18H2,1H3,(H2,32,33). The quantitative estimate of drug-likeness (QED) is 0.318. The lowest BCUT2D eigenvalue weighted by molar-refractivity contribution is 0.0921. The Balaban J connectivity index is 1.31. The second-order valence-corrected chi connectivity index (χ2v) is 10.6. The third-order valence-corrected chi connectivity index (χ3v) is 8.29. The molecule has 0 atom stereocenters. The summed E-state index contributed by atoms with van der Waals surface area (Å²) in [6, 6.07) is 21.5. The first-order valence-electron chi connectivity index (χ1n) is 13.1. The Morgan fingerprint density at radius 3 is 2.53 bits per heavy atom. The maximum atomic E-state index is 6.57. The highest BCUT2D eigenvalue weighted by molar-refractivity contribution is 6.04. The van der Waals surface area contributed by atoms with Crippen LogP contribution in [0.2, 0.25) is 0 Å². The Bertz CT molecular complexity index is 1580. The number of rotatable bonds is 5. The van der Waals surface area contributed by atoms with Gasteiger partial charge in [0.15, 0.2) is 0 Å². The van der Waals surface area contributed by atoms with Crippen molar-refractivity contribution in [3.8, 4) is 22.4 Å². The zero-order chi connectivity index (χ0) is 24.2. The summed E-state index contributed by atoms with van der Waals surface area (Å²) >= 11 is 0. The van der Waals surface area contributed by atoms with Crippen LogP contribution in [-0.2, 0) is 0 Å². The maximum Gasteiger partial charge on any atom is 0.142 e. The van der Waals surface area contributed by atoms with Crippen molar-refractivity contribution in [1.29, 1.82) is 0 Å². The molecular formula is C31H31N5. The first kappa shape index (κ1) is 21.6. The summed E-state index contributed by atoms with van der Waals surface area (Å²) in [5.41, 5.74) is 15.0. The lowest BCUT2D eigenvalue weighted by atomic mass is 9.79. The fraction of sp³-hybridized carbons (Fsp3) is 0.290. The number of aryl methyl sites for hydroxylation is 1. The average molecular weight is 474 g/mol. The third kappa shape index (κ3) is 3.49. The van der Waals surface area contributed by atoms with Crippen molar-refractivity contribution >= 4 is 27.6 Å². The van der Waals surface area contributed by atoms with Gasteiger partial charge in [-0.3, -0.25) is 0 Å². The fourth-order valence-corrected chi connectivity index (χ4v) is 6.08. The molecule has 3 aromatic heterocycles. The van der Waals surface area contributed by atoms with Crippen molar-refractivity contribution in [3.05, 3.63) is 78.6 Å². The molecule has 0 radical (unpaired) electrons. The number of benzene rings is 2. The van der Waals surface area contributed by atoms with Gasteiger partial charge in [0.2, 0.25) is 0 Å². The lowest BCUT2D eigenvalue weighted by Gasteiger charge is -2.42. The molecule has 5 heteroatoms. The minimum Gasteiger partial charge on any atom is -0.398 e. The number of hydrogen-bond acceptors (Lipinski definition) is 4. The Morgan fingerprint density at radius 2 is 1.75 bits per heavy atom. The first-order chi connectivity index (χ1) is 17.7. The van der Waals surface area contributed by atoms with E-state index in [1.807, 2.05) is 18.3 Å². The van der Waals surface area contributed by atoms with Crippen LogP contribution >= 0.6 is 0 Å². The summed E-state index contributed by atoms with van der Waals surface area (Å²) in [6.07, 6.45) is 7.93. The highest BCUT2D eigenvalue weighted by Crippen LogP contribution is 2.44. The Morgan fingerprint density at radius 1 is 0.944 bits per heavy atom. The van der Waals surface area contributed by atoms with E-state index in [4.69, 9.17) is 15.7 Å². The second kappa shape index (κ2) is 8.45. The van der Waals surface area contributed by atoms with Gasteiger partial charge in [0.1, 0.15) is 5.65 Å². The van der Waals surface area contributed by atoms with Crippen LogP contribution in [0.3, 0.4) is 0 Å². The summed E-state index contributed by atoms with van der Waals surface area (Å²) in [5, 5.41) is 2.21. The minimum atomic E-state index is 0.491. The SMILES string of the molecule is Cc1c(-c2cn(C3CC(CN4CCC4)C3)c3nccc(N)c23)ccc2ccc(-c3ccccc3)nc12. The molecule has 7 rings (SSSR count). The van der Waals surface area contributed by atoms with Gasteiger partial charge >= 0.3 is 0 Å². The van der Waals surface area contributed by atoms with Crippen molar-refractivity contribution in [3.63, 3.8) is 0 Å². The largest absolute Gasteiger partial charge is 0.398 e. The monoisotopic (exact) mass is 473 g/mol. The molecule has 1 saturated heterocycles. The number of nitrogens with two attached hydrogens (primary N) is 1. The van der Waals surface area contributed by atoms with Gasteiger partial charge in [-0.15, -0.1) is 0 Å². The molecule has 0 bridgehead atoms. The van der Waals surface area contributed by atoms with E-state index >= 15 is 0 Å². The summed E-state index contributed by atoms with van der Waals surface area (Å²) in [6.45, 7) is 5.98. The summed E-state index contributed by atoms with van der Waals surface area (Å²) in [5.74, 6) is 0.792. The van der Waals surface area contributed by atoms with E-state index < -0.39 is 0 Å². The van der Waals surface area contributed by atoms with Gasteiger partial charge in [0, 0.05) is 52.6 Å². The number of fused-ring (bicyclic) bond motifs is 2. The van der Waals surface area contributed by atoms with Gasteiger partial charge < -0.3 is 15.2 Å². The Kier molecular flexibility index (Phi) is 5.07. The molecule has 2 fully saturated rings. The molecule has 1 aliphatic carbocycles. The number of nitrogen functional groups attached to an aromatic ring is 1. The summed E-state index contributed by atoms with van der Waals surface area (Å²) < 4.78 is 2.39. The van der Waals surface area contributed by atoms with Crippen LogP contribution in [0.25, 0.3) is 44.3 Å². The van der Waals surface area contributed by atoms with Crippen molar-refractivity contribution in [2.75, 3.05) is 25.4 Å². The van der Waals surface area contributed by atoms with E-state index in [-0.39, 0.29) is 0 Å². The molecule has 180 valence electrons. The Hall–Kier alpha value is -3.70. The van der Waals surface area contributed by atoms with E-state index in [0.717, 1.165) is 50.4 Å². The number of pyridine rings is 2. The van der Waals surface area contributed by atoms with Crippen molar-refractivity contribution in [2.45, 2.75) is 32.2 Å². The first-order valence-corrected chi connectivity index (χ1v) is 13.1. The molecule has 1 aliphatic heterocycles. The van der Waals surface area contributed by atoms with Crippen LogP contribution in [0.5, 0.6) is 0 Å². The number of nitrogens with zero attached hydrogens (tertiary/aromatic N) is 4.